The lowest BCUT2D eigenvalue weighted by Crippen LogP contribution is -2.20. The second kappa shape index (κ2) is 7.31. The maximum atomic E-state index is 13.5. The highest BCUT2D eigenvalue weighted by molar-refractivity contribution is 5.72. The second-order valence-corrected chi connectivity index (χ2v) is 4.10. The molecule has 1 aromatic carbocycles. The minimum Gasteiger partial charge on any atom is -0.481 e. The molecule has 5 heteroatoms. The van der Waals surface area contributed by atoms with Crippen LogP contribution in [-0.4, -0.2) is 23.5 Å². The lowest BCUT2D eigenvalue weighted by atomic mass is 10.1. The first-order chi connectivity index (χ1) is 8.99. The van der Waals surface area contributed by atoms with Crippen molar-refractivity contribution in [1.82, 2.24) is 5.32 Å². The molecule has 0 radical (unpaired) electrons. The van der Waals surface area contributed by atoms with Crippen LogP contribution in [-0.2, 0) is 16.0 Å². The maximum absolute atomic E-state index is 13.5. The first-order valence-electron chi connectivity index (χ1n) is 5.90. The number of nitrogens with one attached hydrogen (secondary N) is 1. The Morgan fingerprint density at radius 3 is 2.79 bits per heavy atom. The number of carbonyl (C=O) groups excluding carboxylic acids is 1. The van der Waals surface area contributed by atoms with Crippen LogP contribution in [0.4, 0.5) is 4.39 Å². The highest BCUT2D eigenvalue weighted by Gasteiger charge is 2.04. The van der Waals surface area contributed by atoms with E-state index in [-0.39, 0.29) is 12.3 Å². The van der Waals surface area contributed by atoms with Crippen molar-refractivity contribution in [2.24, 2.45) is 0 Å². The third kappa shape index (κ3) is 5.81. The first-order valence-corrected chi connectivity index (χ1v) is 5.90. The minimum atomic E-state index is -0.952. The molecule has 0 bridgehead atoms. The van der Waals surface area contributed by atoms with Gasteiger partial charge in [-0.05, 0) is 24.1 Å². The summed E-state index contributed by atoms with van der Waals surface area (Å²) in [5.74, 6) is -1.46. The average Bonchev–Trinajstić information content (AvgIpc) is 2.31. The van der Waals surface area contributed by atoms with Crippen LogP contribution >= 0.6 is 0 Å². The zero-order valence-corrected chi connectivity index (χ0v) is 10.6. The number of benzene rings is 1. The molecule has 0 aliphatic rings. The molecule has 4 nitrogen and oxygen atoms in total. The third-order valence-electron chi connectivity index (χ3n) is 2.40. The summed E-state index contributed by atoms with van der Waals surface area (Å²) in [5.41, 5.74) is 0.900. The Balaban J connectivity index is 2.63. The quantitative estimate of drug-likeness (QED) is 0.773. The van der Waals surface area contributed by atoms with Gasteiger partial charge >= 0.3 is 5.97 Å². The molecule has 0 spiro atoms. The molecule has 1 amide bonds. The molecule has 0 aliphatic carbocycles. The van der Waals surface area contributed by atoms with Crippen molar-refractivity contribution in [3.05, 3.63) is 41.2 Å². The summed E-state index contributed by atoms with van der Waals surface area (Å²) in [5, 5.41) is 11.3. The number of carboxylic acids is 1. The molecule has 0 atom stereocenters. The van der Waals surface area contributed by atoms with E-state index >= 15 is 0 Å². The zero-order chi connectivity index (χ0) is 14.3. The largest absolute Gasteiger partial charge is 0.481 e. The summed E-state index contributed by atoms with van der Waals surface area (Å²) in [7, 11) is 0. The van der Waals surface area contributed by atoms with Crippen LogP contribution in [0.1, 0.15) is 24.5 Å². The van der Waals surface area contributed by atoms with Gasteiger partial charge in [0.05, 0.1) is 6.42 Å². The van der Waals surface area contributed by atoms with Crippen molar-refractivity contribution in [2.45, 2.75) is 19.8 Å². The predicted molar refractivity (Wildman–Crippen MR) is 70.1 cm³/mol. The van der Waals surface area contributed by atoms with Gasteiger partial charge in [0.2, 0.25) is 5.91 Å². The molecule has 2 N–H and O–H groups in total. The summed E-state index contributed by atoms with van der Waals surface area (Å²) >= 11 is 0. The number of carbonyl (C=O) groups is 2. The van der Waals surface area contributed by atoms with Crippen LogP contribution in [0.2, 0.25) is 0 Å². The Kier molecular flexibility index (Phi) is 5.73. The molecule has 102 valence electrons. The molecule has 0 unspecified atom stereocenters. The van der Waals surface area contributed by atoms with E-state index in [2.05, 4.69) is 5.32 Å². The molecule has 0 saturated carbocycles. The van der Waals surface area contributed by atoms with Gasteiger partial charge in [0.25, 0.3) is 0 Å². The highest BCUT2D eigenvalue weighted by atomic mass is 19.1. The number of hydrogen-bond acceptors (Lipinski definition) is 2. The lowest BCUT2D eigenvalue weighted by molar-refractivity contribution is -0.136. The van der Waals surface area contributed by atoms with E-state index < -0.39 is 11.8 Å². The lowest BCUT2D eigenvalue weighted by Gasteiger charge is -2.02. The molecule has 1 rings (SSSR count). The highest BCUT2D eigenvalue weighted by Crippen LogP contribution is 2.13. The van der Waals surface area contributed by atoms with Gasteiger partial charge in [0, 0.05) is 19.0 Å². The first kappa shape index (κ1) is 14.9. The van der Waals surface area contributed by atoms with E-state index in [1.165, 1.54) is 25.1 Å². The smallest absolute Gasteiger partial charge is 0.307 e. The number of rotatable bonds is 6. The monoisotopic (exact) mass is 265 g/mol. The number of hydrogen-bond donors (Lipinski definition) is 2. The molecule has 1 aromatic rings. The number of aliphatic carboxylic acids is 1. The predicted octanol–water partition coefficient (Wildman–Crippen LogP) is 1.99. The van der Waals surface area contributed by atoms with E-state index in [1.807, 2.05) is 0 Å². The average molecular weight is 265 g/mol. The summed E-state index contributed by atoms with van der Waals surface area (Å²) in [6, 6.07) is 4.22. The van der Waals surface area contributed by atoms with E-state index in [0.29, 0.717) is 24.1 Å². The molecule has 0 aliphatic heterocycles. The van der Waals surface area contributed by atoms with E-state index in [0.717, 1.165) is 0 Å². The van der Waals surface area contributed by atoms with Gasteiger partial charge in [-0.2, -0.15) is 0 Å². The Labute approximate surface area is 110 Å². The van der Waals surface area contributed by atoms with Gasteiger partial charge in [-0.1, -0.05) is 18.2 Å². The zero-order valence-electron chi connectivity index (χ0n) is 10.6. The van der Waals surface area contributed by atoms with Crippen molar-refractivity contribution in [3.63, 3.8) is 0 Å². The fraction of sp³-hybridized carbons (Fsp3) is 0.286. The van der Waals surface area contributed by atoms with Crippen LogP contribution in [0.3, 0.4) is 0 Å². The van der Waals surface area contributed by atoms with Crippen LogP contribution in [0.5, 0.6) is 0 Å². The second-order valence-electron chi connectivity index (χ2n) is 4.10. The Morgan fingerprint density at radius 2 is 2.16 bits per heavy atom. The molecule has 0 fully saturated rings. The normalized spacial score (nSPS) is 10.6. The molecule has 0 saturated heterocycles. The van der Waals surface area contributed by atoms with Crippen molar-refractivity contribution in [2.75, 3.05) is 6.54 Å². The van der Waals surface area contributed by atoms with Gasteiger partial charge in [-0.25, -0.2) is 4.39 Å². The van der Waals surface area contributed by atoms with Crippen LogP contribution in [0, 0.1) is 5.82 Å². The number of halogens is 1. The van der Waals surface area contributed by atoms with Crippen molar-refractivity contribution in [1.29, 1.82) is 0 Å². The summed E-state index contributed by atoms with van der Waals surface area (Å²) < 4.78 is 13.5. The van der Waals surface area contributed by atoms with Gasteiger partial charge in [-0.15, -0.1) is 0 Å². The molecule has 0 heterocycles. The maximum Gasteiger partial charge on any atom is 0.307 e. The van der Waals surface area contributed by atoms with Crippen molar-refractivity contribution < 1.29 is 19.1 Å². The Morgan fingerprint density at radius 1 is 1.42 bits per heavy atom. The van der Waals surface area contributed by atoms with Gasteiger partial charge in [-0.3, -0.25) is 9.59 Å². The standard InChI is InChI=1S/C14H16FNO3/c1-10(17)16-7-3-2-4-12-8-11(9-14(18)19)5-6-13(12)15/h2,4-6,8H,3,7,9H2,1H3,(H,16,17)(H,18,19). The molecular weight excluding hydrogens is 249 g/mol. The minimum absolute atomic E-state index is 0.108. The Hall–Kier alpha value is -2.17. The third-order valence-corrected chi connectivity index (χ3v) is 2.40. The molecule has 19 heavy (non-hydrogen) atoms. The fourth-order valence-corrected chi connectivity index (χ4v) is 1.55. The van der Waals surface area contributed by atoms with E-state index in [1.54, 1.807) is 12.2 Å². The topological polar surface area (TPSA) is 66.4 Å². The number of amides is 1. The summed E-state index contributed by atoms with van der Waals surface area (Å²) in [6.45, 7) is 1.92. The van der Waals surface area contributed by atoms with Crippen LogP contribution in [0.25, 0.3) is 6.08 Å². The van der Waals surface area contributed by atoms with Crippen molar-refractivity contribution in [3.8, 4) is 0 Å². The van der Waals surface area contributed by atoms with E-state index in [9.17, 15) is 14.0 Å². The van der Waals surface area contributed by atoms with Crippen molar-refractivity contribution >= 4 is 18.0 Å². The van der Waals surface area contributed by atoms with Gasteiger partial charge < -0.3 is 10.4 Å². The van der Waals surface area contributed by atoms with E-state index in [4.69, 9.17) is 5.11 Å². The summed E-state index contributed by atoms with van der Waals surface area (Å²) in [6.07, 6.45) is 3.77. The van der Waals surface area contributed by atoms with Gasteiger partial charge in [0.15, 0.2) is 0 Å². The number of carboxylic acid groups (broad SMARTS) is 1. The SMILES string of the molecule is CC(=O)NCCC=Cc1cc(CC(=O)O)ccc1F. The fourth-order valence-electron chi connectivity index (χ4n) is 1.55. The Bertz CT molecular complexity index is 497. The molecular formula is C14H16FNO3. The van der Waals surface area contributed by atoms with Gasteiger partial charge in [0.1, 0.15) is 5.82 Å². The molecule has 0 aromatic heterocycles. The van der Waals surface area contributed by atoms with Crippen LogP contribution in [0.15, 0.2) is 24.3 Å². The van der Waals surface area contributed by atoms with Crippen LogP contribution < -0.4 is 5.32 Å². The summed E-state index contributed by atoms with van der Waals surface area (Å²) in [4.78, 5) is 21.2.